The Morgan fingerprint density at radius 1 is 0.667 bits per heavy atom. The molecule has 0 aliphatic rings. The highest BCUT2D eigenvalue weighted by Crippen LogP contribution is 2.08. The second-order valence-electron chi connectivity index (χ2n) is 4.70. The van der Waals surface area contributed by atoms with Crippen molar-refractivity contribution in [2.45, 2.75) is 82.1 Å². The molecule has 0 amide bonds. The van der Waals surface area contributed by atoms with Crippen molar-refractivity contribution in [2.24, 2.45) is 0 Å². The van der Waals surface area contributed by atoms with Crippen LogP contribution in [-0.4, -0.2) is 15.0 Å². The summed E-state index contributed by atoms with van der Waals surface area (Å²) in [6.07, 6.45) is 5.17. The Morgan fingerprint density at radius 3 is 1.42 bits per heavy atom. The molecule has 0 aliphatic carbocycles. The summed E-state index contributed by atoms with van der Waals surface area (Å²) in [4.78, 5) is 12.1. The highest BCUT2D eigenvalue weighted by atomic mass is 14.8. The van der Waals surface area contributed by atoms with Gasteiger partial charge in [0.25, 0.3) is 0 Å². The summed E-state index contributed by atoms with van der Waals surface area (Å²) < 4.78 is 0. The number of nitrogens with zero attached hydrogens (tertiary/aromatic N) is 3. The van der Waals surface area contributed by atoms with Crippen molar-refractivity contribution >= 4 is 0 Å². The van der Waals surface area contributed by atoms with Crippen LogP contribution < -0.4 is 0 Å². The first-order valence-corrected chi connectivity index (χ1v) is 8.28. The van der Waals surface area contributed by atoms with Crippen LogP contribution in [0.5, 0.6) is 0 Å². The molecule has 2 rings (SSSR count). The van der Waals surface area contributed by atoms with Gasteiger partial charge in [0, 0.05) is 23.8 Å². The lowest BCUT2D eigenvalue weighted by atomic mass is 10.1. The Balaban J connectivity index is -0.000000129. The molecule has 2 aromatic heterocycles. The summed E-state index contributed by atoms with van der Waals surface area (Å²) in [7, 11) is 0. The fourth-order valence-electron chi connectivity index (χ4n) is 1.36. The maximum atomic E-state index is 4.18. The molecule has 3 nitrogen and oxygen atoms in total. The fraction of sp³-hybridized carbons (Fsp3) is 0.571. The van der Waals surface area contributed by atoms with Gasteiger partial charge in [-0.05, 0) is 30.0 Å². The third-order valence-electron chi connectivity index (χ3n) is 2.48. The maximum absolute atomic E-state index is 4.18. The Labute approximate surface area is 152 Å². The zero-order valence-electron chi connectivity index (χ0n) is 15.5. The summed E-state index contributed by atoms with van der Waals surface area (Å²) >= 11 is 0. The van der Waals surface area contributed by atoms with E-state index >= 15 is 0 Å². The Hall–Kier alpha value is -1.77. The quantitative estimate of drug-likeness (QED) is 0.586. The van der Waals surface area contributed by atoms with E-state index in [9.17, 15) is 0 Å². The van der Waals surface area contributed by atoms with E-state index in [0.29, 0.717) is 11.8 Å². The van der Waals surface area contributed by atoms with E-state index in [1.54, 1.807) is 12.5 Å². The summed E-state index contributed by atoms with van der Waals surface area (Å²) in [5.41, 5.74) is 2.27. The second kappa shape index (κ2) is 21.2. The number of rotatable bonds is 2. The predicted octanol–water partition coefficient (Wildman–Crippen LogP) is 7.13. The van der Waals surface area contributed by atoms with Crippen LogP contribution in [0.1, 0.15) is 93.5 Å². The van der Waals surface area contributed by atoms with Crippen LogP contribution >= 0.6 is 0 Å². The van der Waals surface area contributed by atoms with Crippen molar-refractivity contribution in [1.29, 1.82) is 0 Å². The molecule has 0 N–H and O–H groups in total. The number of aromatic nitrogens is 3. The molecule has 0 aliphatic heterocycles. The van der Waals surface area contributed by atoms with Crippen molar-refractivity contribution in [3.8, 4) is 0 Å². The Morgan fingerprint density at radius 2 is 1.17 bits per heavy atom. The van der Waals surface area contributed by atoms with Gasteiger partial charge in [0.2, 0.25) is 0 Å². The van der Waals surface area contributed by atoms with E-state index in [2.05, 4.69) is 42.6 Å². The predicted molar refractivity (Wildman–Crippen MR) is 111 cm³/mol. The number of hydrogen-bond donors (Lipinski definition) is 0. The lowest BCUT2D eigenvalue weighted by molar-refractivity contribution is 0.814. The highest BCUT2D eigenvalue weighted by molar-refractivity contribution is 5.06. The van der Waals surface area contributed by atoms with Crippen molar-refractivity contribution in [1.82, 2.24) is 15.0 Å². The lowest BCUT2D eigenvalue weighted by Gasteiger charge is -2.00. The van der Waals surface area contributed by atoms with Gasteiger partial charge in [-0.15, -0.1) is 0 Å². The molecule has 140 valence electrons. The van der Waals surface area contributed by atoms with Crippen molar-refractivity contribution in [3.63, 3.8) is 0 Å². The van der Waals surface area contributed by atoms with E-state index in [-0.39, 0.29) is 14.9 Å². The van der Waals surface area contributed by atoms with Gasteiger partial charge in [-0.25, -0.2) is 9.97 Å². The van der Waals surface area contributed by atoms with Gasteiger partial charge in [-0.3, -0.25) is 4.98 Å². The third kappa shape index (κ3) is 15.1. The molecule has 2 aromatic rings. The molecule has 0 spiro atoms. The van der Waals surface area contributed by atoms with E-state index in [0.717, 1.165) is 11.4 Å². The second-order valence-corrected chi connectivity index (χ2v) is 4.70. The van der Waals surface area contributed by atoms with Crippen LogP contribution in [0.3, 0.4) is 0 Å². The Kier molecular flexibility index (Phi) is 26.7. The van der Waals surface area contributed by atoms with Crippen molar-refractivity contribution < 1.29 is 0 Å². The smallest absolute Gasteiger partial charge is 0.115 e. The average molecular weight is 336 g/mol. The van der Waals surface area contributed by atoms with Crippen molar-refractivity contribution in [3.05, 3.63) is 54.4 Å². The van der Waals surface area contributed by atoms with Gasteiger partial charge >= 0.3 is 0 Å². The van der Waals surface area contributed by atoms with Gasteiger partial charge in [0.15, 0.2) is 0 Å². The Bertz CT molecular complexity index is 382. The van der Waals surface area contributed by atoms with Gasteiger partial charge in [-0.1, -0.05) is 76.3 Å². The molecule has 2 heterocycles. The highest BCUT2D eigenvalue weighted by Gasteiger charge is 1.96. The zero-order valence-corrected chi connectivity index (χ0v) is 15.5. The largest absolute Gasteiger partial charge is 0.261 e. The molecule has 0 saturated heterocycles. The molecular formula is C21H41N3. The molecule has 0 saturated carbocycles. The van der Waals surface area contributed by atoms with Gasteiger partial charge in [0.1, 0.15) is 6.33 Å². The first kappa shape index (κ1) is 30.1. The SMILES string of the molecule is C.C.CC.CC.CC(C)c1ccccn1.CC(C)c1ccncn1. The van der Waals surface area contributed by atoms with Crippen LogP contribution in [-0.2, 0) is 0 Å². The summed E-state index contributed by atoms with van der Waals surface area (Å²) in [5.74, 6) is 1.05. The van der Waals surface area contributed by atoms with Gasteiger partial charge in [0.05, 0.1) is 0 Å². The summed E-state index contributed by atoms with van der Waals surface area (Å²) in [6.45, 7) is 16.5. The van der Waals surface area contributed by atoms with E-state index in [1.807, 2.05) is 58.2 Å². The average Bonchev–Trinajstić information content (AvgIpc) is 2.60. The summed E-state index contributed by atoms with van der Waals surface area (Å²) in [5, 5.41) is 0. The van der Waals surface area contributed by atoms with Crippen LogP contribution in [0, 0.1) is 0 Å². The zero-order chi connectivity index (χ0) is 17.4. The van der Waals surface area contributed by atoms with Crippen LogP contribution in [0.15, 0.2) is 43.0 Å². The maximum Gasteiger partial charge on any atom is 0.115 e. The molecule has 0 atom stereocenters. The first-order valence-electron chi connectivity index (χ1n) is 8.28. The molecule has 24 heavy (non-hydrogen) atoms. The minimum absolute atomic E-state index is 0. The first-order chi connectivity index (χ1) is 10.6. The van der Waals surface area contributed by atoms with Gasteiger partial charge in [-0.2, -0.15) is 0 Å². The van der Waals surface area contributed by atoms with E-state index < -0.39 is 0 Å². The number of pyridine rings is 1. The standard InChI is InChI=1S/C8H11N.C7H10N2.2C2H6.2CH4/c1-7(2)8-5-3-4-6-9-8;1-6(2)7-3-4-8-5-9-7;2*1-2;;/h3-7H,1-2H3;3-6H,1-2H3;2*1-2H3;2*1H4. The van der Waals surface area contributed by atoms with E-state index in [4.69, 9.17) is 0 Å². The topological polar surface area (TPSA) is 38.7 Å². The van der Waals surface area contributed by atoms with Crippen LogP contribution in [0.25, 0.3) is 0 Å². The molecule has 0 bridgehead atoms. The molecular weight excluding hydrogens is 294 g/mol. The summed E-state index contributed by atoms with van der Waals surface area (Å²) in [6, 6.07) is 7.93. The third-order valence-corrected chi connectivity index (χ3v) is 2.48. The van der Waals surface area contributed by atoms with Crippen molar-refractivity contribution in [2.75, 3.05) is 0 Å². The van der Waals surface area contributed by atoms with Crippen LogP contribution in [0.2, 0.25) is 0 Å². The van der Waals surface area contributed by atoms with Crippen LogP contribution in [0.4, 0.5) is 0 Å². The molecule has 0 unspecified atom stereocenters. The normalized spacial score (nSPS) is 8.08. The molecule has 0 fully saturated rings. The lowest BCUT2D eigenvalue weighted by Crippen LogP contribution is -1.90. The van der Waals surface area contributed by atoms with Gasteiger partial charge < -0.3 is 0 Å². The minimum Gasteiger partial charge on any atom is -0.261 e. The number of hydrogen-bond acceptors (Lipinski definition) is 3. The minimum atomic E-state index is 0. The fourth-order valence-corrected chi connectivity index (χ4v) is 1.36. The molecule has 0 aromatic carbocycles. The molecule has 3 heteroatoms. The van der Waals surface area contributed by atoms with E-state index in [1.165, 1.54) is 0 Å². The molecule has 0 radical (unpaired) electrons. The monoisotopic (exact) mass is 335 g/mol.